The third kappa shape index (κ3) is 3.16. The van der Waals surface area contributed by atoms with E-state index in [2.05, 4.69) is 15.6 Å². The SMILES string of the molecule is O=C(NC1CC1)c1cccc(NCc2ccc[nH]2)c1. The Hall–Kier alpha value is -2.23. The van der Waals surface area contributed by atoms with Crippen molar-refractivity contribution in [2.24, 2.45) is 0 Å². The quantitative estimate of drug-likeness (QED) is 0.769. The van der Waals surface area contributed by atoms with Crippen LogP contribution in [0.2, 0.25) is 0 Å². The second kappa shape index (κ2) is 5.18. The van der Waals surface area contributed by atoms with E-state index in [0.29, 0.717) is 11.6 Å². The number of nitrogens with one attached hydrogen (secondary N) is 3. The predicted octanol–water partition coefficient (Wildman–Crippen LogP) is 2.52. The van der Waals surface area contributed by atoms with Crippen molar-refractivity contribution >= 4 is 11.6 Å². The van der Waals surface area contributed by atoms with Crippen molar-refractivity contribution in [3.8, 4) is 0 Å². The van der Waals surface area contributed by atoms with Crippen molar-refractivity contribution in [3.05, 3.63) is 53.9 Å². The van der Waals surface area contributed by atoms with Crippen molar-refractivity contribution in [2.45, 2.75) is 25.4 Å². The molecule has 1 aliphatic carbocycles. The first kappa shape index (κ1) is 11.8. The normalized spacial score (nSPS) is 14.1. The molecule has 1 heterocycles. The van der Waals surface area contributed by atoms with Crippen LogP contribution in [0.1, 0.15) is 28.9 Å². The first-order chi connectivity index (χ1) is 9.31. The molecule has 1 aliphatic rings. The number of hydrogen-bond acceptors (Lipinski definition) is 2. The van der Waals surface area contributed by atoms with E-state index in [4.69, 9.17) is 0 Å². The molecule has 98 valence electrons. The maximum Gasteiger partial charge on any atom is 0.251 e. The number of aromatic nitrogens is 1. The predicted molar refractivity (Wildman–Crippen MR) is 75.0 cm³/mol. The van der Waals surface area contributed by atoms with Gasteiger partial charge in [-0.1, -0.05) is 6.07 Å². The van der Waals surface area contributed by atoms with Crippen molar-refractivity contribution in [3.63, 3.8) is 0 Å². The second-order valence-corrected chi connectivity index (χ2v) is 4.88. The Morgan fingerprint density at radius 2 is 2.16 bits per heavy atom. The summed E-state index contributed by atoms with van der Waals surface area (Å²) in [5, 5.41) is 6.29. The van der Waals surface area contributed by atoms with Crippen molar-refractivity contribution in [1.82, 2.24) is 10.3 Å². The standard InChI is InChI=1S/C15H17N3O/c19-15(18-12-6-7-12)11-3-1-4-13(9-11)17-10-14-5-2-8-16-14/h1-5,8-9,12,16-17H,6-7,10H2,(H,18,19). The first-order valence-electron chi connectivity index (χ1n) is 6.58. The van der Waals surface area contributed by atoms with E-state index in [1.165, 1.54) is 0 Å². The highest BCUT2D eigenvalue weighted by Gasteiger charge is 2.23. The largest absolute Gasteiger partial charge is 0.379 e. The van der Waals surface area contributed by atoms with Crippen LogP contribution in [0.15, 0.2) is 42.6 Å². The highest BCUT2D eigenvalue weighted by atomic mass is 16.1. The highest BCUT2D eigenvalue weighted by Crippen LogP contribution is 2.20. The molecule has 1 aromatic carbocycles. The average molecular weight is 255 g/mol. The van der Waals surface area contributed by atoms with Gasteiger partial charge in [0.2, 0.25) is 0 Å². The van der Waals surface area contributed by atoms with Gasteiger partial charge in [0, 0.05) is 29.2 Å². The molecule has 0 radical (unpaired) electrons. The maximum absolute atomic E-state index is 11.9. The van der Waals surface area contributed by atoms with Crippen LogP contribution in [0.5, 0.6) is 0 Å². The molecule has 0 aliphatic heterocycles. The lowest BCUT2D eigenvalue weighted by Gasteiger charge is -2.08. The van der Waals surface area contributed by atoms with Crippen molar-refractivity contribution in [2.75, 3.05) is 5.32 Å². The second-order valence-electron chi connectivity index (χ2n) is 4.88. The maximum atomic E-state index is 11.9. The molecule has 1 aromatic heterocycles. The zero-order chi connectivity index (χ0) is 13.1. The van der Waals surface area contributed by atoms with Gasteiger partial charge in [0.1, 0.15) is 0 Å². The van der Waals surface area contributed by atoms with E-state index < -0.39 is 0 Å². The molecule has 4 nitrogen and oxygen atoms in total. The molecule has 0 spiro atoms. The van der Waals surface area contributed by atoms with E-state index >= 15 is 0 Å². The summed E-state index contributed by atoms with van der Waals surface area (Å²) < 4.78 is 0. The van der Waals surface area contributed by atoms with Crippen molar-refractivity contribution in [1.29, 1.82) is 0 Å². The van der Waals surface area contributed by atoms with E-state index in [1.807, 2.05) is 42.6 Å². The van der Waals surface area contributed by atoms with Crippen LogP contribution in [0.25, 0.3) is 0 Å². The zero-order valence-corrected chi connectivity index (χ0v) is 10.6. The van der Waals surface area contributed by atoms with Crippen LogP contribution in [0.4, 0.5) is 5.69 Å². The molecule has 0 atom stereocenters. The smallest absolute Gasteiger partial charge is 0.251 e. The van der Waals surface area contributed by atoms with Crippen LogP contribution < -0.4 is 10.6 Å². The Morgan fingerprint density at radius 3 is 2.89 bits per heavy atom. The van der Waals surface area contributed by atoms with E-state index in [0.717, 1.165) is 30.8 Å². The summed E-state index contributed by atoms with van der Waals surface area (Å²) in [7, 11) is 0. The lowest BCUT2D eigenvalue weighted by molar-refractivity contribution is 0.0951. The first-order valence-corrected chi connectivity index (χ1v) is 6.58. The molecule has 3 rings (SSSR count). The highest BCUT2D eigenvalue weighted by molar-refractivity contribution is 5.95. The number of rotatable bonds is 5. The van der Waals surface area contributed by atoms with Gasteiger partial charge in [0.15, 0.2) is 0 Å². The summed E-state index contributed by atoms with van der Waals surface area (Å²) in [5.74, 6) is 0.0195. The van der Waals surface area contributed by atoms with Gasteiger partial charge in [0.05, 0.1) is 6.54 Å². The van der Waals surface area contributed by atoms with E-state index in [9.17, 15) is 4.79 Å². The van der Waals surface area contributed by atoms with Crippen LogP contribution in [-0.2, 0) is 6.54 Å². The minimum absolute atomic E-state index is 0.0195. The summed E-state index contributed by atoms with van der Waals surface area (Å²) in [6, 6.07) is 12.0. The molecular formula is C15H17N3O. The number of H-pyrrole nitrogens is 1. The van der Waals surface area contributed by atoms with Gasteiger partial charge >= 0.3 is 0 Å². The number of amides is 1. The number of carbonyl (C=O) groups is 1. The molecule has 1 amide bonds. The third-order valence-electron chi connectivity index (χ3n) is 3.18. The third-order valence-corrected chi connectivity index (χ3v) is 3.18. The average Bonchev–Trinajstić information content (AvgIpc) is 3.09. The molecule has 1 fully saturated rings. The molecular weight excluding hydrogens is 238 g/mol. The molecule has 0 saturated heterocycles. The molecule has 0 unspecified atom stereocenters. The van der Waals surface area contributed by atoms with Gasteiger partial charge in [-0.25, -0.2) is 0 Å². The van der Waals surface area contributed by atoms with Gasteiger partial charge in [-0.3, -0.25) is 4.79 Å². The number of anilines is 1. The Kier molecular flexibility index (Phi) is 3.23. The summed E-state index contributed by atoms with van der Waals surface area (Å²) >= 11 is 0. The molecule has 0 bridgehead atoms. The topological polar surface area (TPSA) is 56.9 Å². The Bertz CT molecular complexity index is 559. The Balaban J connectivity index is 1.63. The number of hydrogen-bond donors (Lipinski definition) is 3. The van der Waals surface area contributed by atoms with Crippen LogP contribution >= 0.6 is 0 Å². The fourth-order valence-corrected chi connectivity index (χ4v) is 1.94. The number of carbonyl (C=O) groups excluding carboxylic acids is 1. The molecule has 2 aromatic rings. The molecule has 4 heteroatoms. The fraction of sp³-hybridized carbons (Fsp3) is 0.267. The number of aromatic amines is 1. The lowest BCUT2D eigenvalue weighted by atomic mass is 10.2. The summed E-state index contributed by atoms with van der Waals surface area (Å²) in [5.41, 5.74) is 2.79. The monoisotopic (exact) mass is 255 g/mol. The molecule has 3 N–H and O–H groups in total. The Morgan fingerprint density at radius 1 is 1.26 bits per heavy atom. The van der Waals surface area contributed by atoms with E-state index in [-0.39, 0.29) is 5.91 Å². The van der Waals surface area contributed by atoms with Crippen LogP contribution in [0.3, 0.4) is 0 Å². The lowest BCUT2D eigenvalue weighted by Crippen LogP contribution is -2.25. The van der Waals surface area contributed by atoms with Crippen LogP contribution in [0, 0.1) is 0 Å². The summed E-state index contributed by atoms with van der Waals surface area (Å²) in [6.45, 7) is 0.723. The minimum Gasteiger partial charge on any atom is -0.379 e. The van der Waals surface area contributed by atoms with Gasteiger partial charge in [-0.2, -0.15) is 0 Å². The van der Waals surface area contributed by atoms with Gasteiger partial charge in [0.25, 0.3) is 5.91 Å². The van der Waals surface area contributed by atoms with E-state index in [1.54, 1.807) is 0 Å². The molecule has 19 heavy (non-hydrogen) atoms. The van der Waals surface area contributed by atoms with Gasteiger partial charge in [-0.05, 0) is 43.2 Å². The van der Waals surface area contributed by atoms with Crippen molar-refractivity contribution < 1.29 is 4.79 Å². The molecule has 1 saturated carbocycles. The van der Waals surface area contributed by atoms with Crippen LogP contribution in [-0.4, -0.2) is 16.9 Å². The minimum atomic E-state index is 0.0195. The number of benzene rings is 1. The zero-order valence-electron chi connectivity index (χ0n) is 10.6. The fourth-order valence-electron chi connectivity index (χ4n) is 1.94. The van der Waals surface area contributed by atoms with Gasteiger partial charge < -0.3 is 15.6 Å². The van der Waals surface area contributed by atoms with Gasteiger partial charge in [-0.15, -0.1) is 0 Å². The summed E-state index contributed by atoms with van der Waals surface area (Å²) in [4.78, 5) is 15.1. The Labute approximate surface area is 112 Å². The summed E-state index contributed by atoms with van der Waals surface area (Å²) in [6.07, 6.45) is 4.11.